The van der Waals surface area contributed by atoms with Crippen molar-refractivity contribution in [1.29, 1.82) is 0 Å². The minimum absolute atomic E-state index is 0.0476. The molecule has 1 saturated carbocycles. The summed E-state index contributed by atoms with van der Waals surface area (Å²) in [4.78, 5) is 22.9. The van der Waals surface area contributed by atoms with E-state index < -0.39 is 18.1 Å². The Bertz CT molecular complexity index is 278. The van der Waals surface area contributed by atoms with Crippen LogP contribution in [0.1, 0.15) is 25.7 Å². The molecule has 0 bridgehead atoms. The molecule has 0 aromatic carbocycles. The van der Waals surface area contributed by atoms with Gasteiger partial charge in [-0.1, -0.05) is 6.42 Å². The van der Waals surface area contributed by atoms with Gasteiger partial charge in [-0.25, -0.2) is 9.59 Å². The summed E-state index contributed by atoms with van der Waals surface area (Å²) >= 11 is 0. The first-order chi connectivity index (χ1) is 6.61. The van der Waals surface area contributed by atoms with Crippen molar-refractivity contribution in [3.8, 4) is 0 Å². The van der Waals surface area contributed by atoms with Crippen LogP contribution in [0, 0.1) is 5.92 Å². The Labute approximate surface area is 81.3 Å². The average molecular weight is 199 g/mol. The summed E-state index contributed by atoms with van der Waals surface area (Å²) in [6.45, 7) is 0. The van der Waals surface area contributed by atoms with E-state index in [1.54, 1.807) is 0 Å². The normalized spacial score (nSPS) is 35.7. The van der Waals surface area contributed by atoms with Crippen LogP contribution in [0.5, 0.6) is 0 Å². The second-order valence-electron chi connectivity index (χ2n) is 4.04. The van der Waals surface area contributed by atoms with E-state index in [0.717, 1.165) is 24.2 Å². The van der Waals surface area contributed by atoms with Gasteiger partial charge in [0.2, 0.25) is 0 Å². The SMILES string of the molecule is O=C(O)C1CC2CCCC2N1C(=O)O. The Morgan fingerprint density at radius 2 is 1.93 bits per heavy atom. The lowest BCUT2D eigenvalue weighted by Crippen LogP contribution is -2.44. The number of amides is 1. The van der Waals surface area contributed by atoms with Crippen LogP contribution in [0.4, 0.5) is 4.79 Å². The van der Waals surface area contributed by atoms with Crippen molar-refractivity contribution in [2.75, 3.05) is 0 Å². The number of aliphatic carboxylic acids is 1. The van der Waals surface area contributed by atoms with Gasteiger partial charge in [-0.3, -0.25) is 4.90 Å². The highest BCUT2D eigenvalue weighted by atomic mass is 16.4. The van der Waals surface area contributed by atoms with E-state index in [-0.39, 0.29) is 12.0 Å². The van der Waals surface area contributed by atoms with Crippen molar-refractivity contribution in [1.82, 2.24) is 4.90 Å². The Balaban J connectivity index is 2.21. The van der Waals surface area contributed by atoms with E-state index >= 15 is 0 Å². The molecule has 1 aliphatic heterocycles. The van der Waals surface area contributed by atoms with Crippen LogP contribution in [0.25, 0.3) is 0 Å². The first-order valence-corrected chi connectivity index (χ1v) is 4.85. The molecule has 2 rings (SSSR count). The highest BCUT2D eigenvalue weighted by molar-refractivity contribution is 5.80. The maximum Gasteiger partial charge on any atom is 0.408 e. The van der Waals surface area contributed by atoms with Crippen molar-refractivity contribution < 1.29 is 19.8 Å². The molecule has 14 heavy (non-hydrogen) atoms. The minimum Gasteiger partial charge on any atom is -0.480 e. The van der Waals surface area contributed by atoms with Gasteiger partial charge in [-0.2, -0.15) is 0 Å². The molecule has 2 aliphatic rings. The standard InChI is InChI=1S/C9H13NO4/c11-8(12)7-4-5-2-1-3-6(5)10(7)9(13)14/h5-7H,1-4H2,(H,11,12)(H,13,14). The van der Waals surface area contributed by atoms with Crippen LogP contribution >= 0.6 is 0 Å². The van der Waals surface area contributed by atoms with Gasteiger partial charge >= 0.3 is 12.1 Å². The number of carboxylic acid groups (broad SMARTS) is 2. The van der Waals surface area contributed by atoms with Gasteiger partial charge in [0.1, 0.15) is 6.04 Å². The summed E-state index contributed by atoms with van der Waals surface area (Å²) in [5.41, 5.74) is 0. The third kappa shape index (κ3) is 1.23. The molecule has 2 fully saturated rings. The fraction of sp³-hybridized carbons (Fsp3) is 0.778. The van der Waals surface area contributed by atoms with Crippen LogP contribution in [0.15, 0.2) is 0 Å². The minimum atomic E-state index is -1.09. The van der Waals surface area contributed by atoms with Crippen molar-refractivity contribution in [3.63, 3.8) is 0 Å². The fourth-order valence-corrected chi connectivity index (χ4v) is 2.78. The van der Waals surface area contributed by atoms with Crippen LogP contribution in [0.2, 0.25) is 0 Å². The predicted molar refractivity (Wildman–Crippen MR) is 47.0 cm³/mol. The summed E-state index contributed by atoms with van der Waals surface area (Å²) in [7, 11) is 0. The number of hydrogen-bond donors (Lipinski definition) is 2. The second kappa shape index (κ2) is 3.15. The summed E-state index contributed by atoms with van der Waals surface area (Å²) in [6.07, 6.45) is 2.21. The van der Waals surface area contributed by atoms with Gasteiger partial charge in [0, 0.05) is 6.04 Å². The van der Waals surface area contributed by atoms with Crippen molar-refractivity contribution in [2.24, 2.45) is 5.92 Å². The molecule has 0 spiro atoms. The van der Waals surface area contributed by atoms with E-state index in [0.29, 0.717) is 6.42 Å². The maximum absolute atomic E-state index is 10.9. The molecule has 0 radical (unpaired) electrons. The van der Waals surface area contributed by atoms with Crippen molar-refractivity contribution in [3.05, 3.63) is 0 Å². The number of nitrogens with zero attached hydrogens (tertiary/aromatic N) is 1. The van der Waals surface area contributed by atoms with E-state index in [1.807, 2.05) is 0 Å². The molecule has 1 heterocycles. The molecule has 78 valence electrons. The topological polar surface area (TPSA) is 77.8 Å². The van der Waals surface area contributed by atoms with Crippen LogP contribution < -0.4 is 0 Å². The van der Waals surface area contributed by atoms with Crippen LogP contribution in [0.3, 0.4) is 0 Å². The Hall–Kier alpha value is -1.26. The lowest BCUT2D eigenvalue weighted by atomic mass is 10.0. The number of fused-ring (bicyclic) bond motifs is 1. The van der Waals surface area contributed by atoms with E-state index in [4.69, 9.17) is 10.2 Å². The molecule has 5 nitrogen and oxygen atoms in total. The van der Waals surface area contributed by atoms with Crippen LogP contribution in [-0.2, 0) is 4.79 Å². The average Bonchev–Trinajstić information content (AvgIpc) is 2.58. The summed E-state index contributed by atoms with van der Waals surface area (Å²) in [5.74, 6) is -0.742. The molecule has 1 saturated heterocycles. The highest BCUT2D eigenvalue weighted by Gasteiger charge is 2.48. The molecule has 0 aromatic heterocycles. The number of likely N-dealkylation sites (tertiary alicyclic amines) is 1. The molecule has 0 aromatic rings. The zero-order chi connectivity index (χ0) is 10.3. The number of rotatable bonds is 1. The zero-order valence-electron chi connectivity index (χ0n) is 7.72. The molecular formula is C9H13NO4. The molecule has 1 amide bonds. The van der Waals surface area contributed by atoms with Crippen molar-refractivity contribution in [2.45, 2.75) is 37.8 Å². The third-order valence-electron chi connectivity index (χ3n) is 3.34. The smallest absolute Gasteiger partial charge is 0.408 e. The van der Waals surface area contributed by atoms with Gasteiger partial charge in [-0.15, -0.1) is 0 Å². The highest BCUT2D eigenvalue weighted by Crippen LogP contribution is 2.41. The molecular weight excluding hydrogens is 186 g/mol. The second-order valence-corrected chi connectivity index (χ2v) is 4.04. The van der Waals surface area contributed by atoms with Crippen LogP contribution in [-0.4, -0.2) is 39.3 Å². The maximum atomic E-state index is 10.9. The molecule has 3 unspecified atom stereocenters. The van der Waals surface area contributed by atoms with Gasteiger partial charge in [0.25, 0.3) is 0 Å². The Kier molecular flexibility index (Phi) is 2.09. The number of hydrogen-bond acceptors (Lipinski definition) is 2. The third-order valence-corrected chi connectivity index (χ3v) is 3.34. The van der Waals surface area contributed by atoms with Gasteiger partial charge < -0.3 is 10.2 Å². The Morgan fingerprint density at radius 1 is 1.21 bits per heavy atom. The fourth-order valence-electron chi connectivity index (χ4n) is 2.78. The van der Waals surface area contributed by atoms with E-state index in [2.05, 4.69) is 0 Å². The quantitative estimate of drug-likeness (QED) is 0.660. The Morgan fingerprint density at radius 3 is 2.50 bits per heavy atom. The summed E-state index contributed by atoms with van der Waals surface area (Å²) in [5, 5.41) is 17.8. The van der Waals surface area contributed by atoms with Crippen molar-refractivity contribution >= 4 is 12.1 Å². The van der Waals surface area contributed by atoms with Gasteiger partial charge in [0.05, 0.1) is 0 Å². The van der Waals surface area contributed by atoms with E-state index in [9.17, 15) is 9.59 Å². The van der Waals surface area contributed by atoms with Gasteiger partial charge in [-0.05, 0) is 25.2 Å². The predicted octanol–water partition coefficient (Wildman–Crippen LogP) is 0.992. The molecule has 1 aliphatic carbocycles. The molecule has 3 atom stereocenters. The monoisotopic (exact) mass is 199 g/mol. The summed E-state index contributed by atoms with van der Waals surface area (Å²) < 4.78 is 0. The molecule has 5 heteroatoms. The number of carbonyl (C=O) groups is 2. The lowest BCUT2D eigenvalue weighted by Gasteiger charge is -2.23. The number of carboxylic acids is 1. The first kappa shape index (κ1) is 9.30. The van der Waals surface area contributed by atoms with Gasteiger partial charge in [0.15, 0.2) is 0 Å². The van der Waals surface area contributed by atoms with E-state index in [1.165, 1.54) is 0 Å². The zero-order valence-corrected chi connectivity index (χ0v) is 7.72. The largest absolute Gasteiger partial charge is 0.480 e. The first-order valence-electron chi connectivity index (χ1n) is 4.85. The molecule has 2 N–H and O–H groups in total. The summed E-state index contributed by atoms with van der Waals surface area (Å²) in [6, 6.07) is -0.864. The lowest BCUT2D eigenvalue weighted by molar-refractivity contribution is -0.142.